The molecule has 0 fully saturated rings. The summed E-state index contributed by atoms with van der Waals surface area (Å²) in [4.78, 5) is 2.34. The molecule has 0 heterocycles. The van der Waals surface area contributed by atoms with E-state index in [2.05, 4.69) is 70.1 Å². The molecule has 1 rings (SSSR count). The van der Waals surface area contributed by atoms with Gasteiger partial charge in [-0.25, -0.2) is 0 Å². The minimum Gasteiger partial charge on any atom is -0.365 e. The zero-order valence-corrected chi connectivity index (χ0v) is 13.1. The van der Waals surface area contributed by atoms with Gasteiger partial charge in [0.1, 0.15) is 0 Å². The Morgan fingerprint density at radius 2 is 2.11 bits per heavy atom. The normalized spacial score (nSPS) is 14.7. The van der Waals surface area contributed by atoms with E-state index in [1.54, 1.807) is 0 Å². The lowest BCUT2D eigenvalue weighted by atomic mass is 10.1. The molecule has 0 aliphatic heterocycles. The molecule has 0 aromatic heterocycles. The van der Waals surface area contributed by atoms with Crippen LogP contribution in [-0.2, 0) is 0 Å². The summed E-state index contributed by atoms with van der Waals surface area (Å²) in [5.74, 6) is 0. The third kappa shape index (κ3) is 4.29. The maximum atomic E-state index is 4.19. The maximum Gasteiger partial charge on any atom is 0.0507 e. The summed E-state index contributed by atoms with van der Waals surface area (Å²) in [5.41, 5.74) is 8.56. The molecule has 0 radical (unpaired) electrons. The fraction of sp³-hybridized carbons (Fsp3) is 0.500. The monoisotopic (exact) mass is 257 g/mol. The van der Waals surface area contributed by atoms with Crippen LogP contribution < -0.4 is 0 Å². The lowest BCUT2D eigenvalue weighted by Crippen LogP contribution is -2.31. The Morgan fingerprint density at radius 1 is 1.42 bits per heavy atom. The van der Waals surface area contributed by atoms with Crippen LogP contribution in [0.1, 0.15) is 47.5 Å². The largest absolute Gasteiger partial charge is 0.365 e. The van der Waals surface area contributed by atoms with E-state index in [4.69, 9.17) is 0 Å². The van der Waals surface area contributed by atoms with Crippen LogP contribution >= 0.6 is 0 Å². The van der Waals surface area contributed by atoms with Crippen molar-refractivity contribution < 1.29 is 0 Å². The Hall–Kier alpha value is -1.46. The molecule has 0 amide bonds. The second kappa shape index (κ2) is 7.21. The van der Waals surface area contributed by atoms with Gasteiger partial charge in [0.15, 0.2) is 0 Å². The van der Waals surface area contributed by atoms with Crippen LogP contribution in [-0.4, -0.2) is 17.5 Å². The van der Waals surface area contributed by atoms with Crippen LogP contribution in [0.5, 0.6) is 0 Å². The maximum absolute atomic E-state index is 4.19. The van der Waals surface area contributed by atoms with Crippen molar-refractivity contribution in [1.29, 1.82) is 0 Å². The van der Waals surface area contributed by atoms with Gasteiger partial charge in [0.2, 0.25) is 0 Å². The number of nitrogens with zero attached hydrogens (tertiary/aromatic N) is 1. The summed E-state index contributed by atoms with van der Waals surface area (Å²) in [5, 5.41) is 0. The van der Waals surface area contributed by atoms with Gasteiger partial charge in [-0.05, 0) is 56.9 Å². The Labute approximate surface area is 118 Å². The van der Waals surface area contributed by atoms with Crippen molar-refractivity contribution in [3.05, 3.63) is 53.0 Å². The summed E-state index contributed by atoms with van der Waals surface area (Å²) in [7, 11) is 0. The highest BCUT2D eigenvalue weighted by Crippen LogP contribution is 2.23. The van der Waals surface area contributed by atoms with E-state index >= 15 is 0 Å². The van der Waals surface area contributed by atoms with Gasteiger partial charge in [-0.1, -0.05) is 26.5 Å². The molecule has 0 saturated heterocycles. The number of rotatable bonds is 7. The van der Waals surface area contributed by atoms with Crippen molar-refractivity contribution in [1.82, 2.24) is 4.90 Å². The van der Waals surface area contributed by atoms with Crippen molar-refractivity contribution in [2.24, 2.45) is 0 Å². The average Bonchev–Trinajstić information content (AvgIpc) is 2.73. The smallest absolute Gasteiger partial charge is 0.0507 e. The van der Waals surface area contributed by atoms with Crippen LogP contribution in [0.15, 0.2) is 53.0 Å². The third-order valence-corrected chi connectivity index (χ3v) is 3.43. The molecule has 0 saturated carbocycles. The molecular formula is C18H27N. The first-order valence-corrected chi connectivity index (χ1v) is 7.29. The molecule has 0 spiro atoms. The second-order valence-corrected chi connectivity index (χ2v) is 5.33. The highest BCUT2D eigenvalue weighted by molar-refractivity contribution is 5.44. The first kappa shape index (κ1) is 15.6. The SMILES string of the molecule is C=C(/C=C\CC)N(CC1=C=C(CC)C=C1C)C(C)C. The second-order valence-electron chi connectivity index (χ2n) is 5.33. The lowest BCUT2D eigenvalue weighted by molar-refractivity contribution is 0.318. The standard InChI is InChI=1S/C18H27N/c1-7-9-10-16(6)19(14(3)4)13-18-12-17(8-2)11-15(18)5/h9-11,14H,6-8,13H2,1-5H3/b10-9-. The quantitative estimate of drug-likeness (QED) is 0.458. The topological polar surface area (TPSA) is 3.24 Å². The molecule has 1 nitrogen and oxygen atoms in total. The van der Waals surface area contributed by atoms with Crippen molar-refractivity contribution in [3.8, 4) is 0 Å². The van der Waals surface area contributed by atoms with E-state index in [9.17, 15) is 0 Å². The fourth-order valence-corrected chi connectivity index (χ4v) is 2.17. The van der Waals surface area contributed by atoms with Crippen molar-refractivity contribution in [2.45, 2.75) is 53.5 Å². The highest BCUT2D eigenvalue weighted by atomic mass is 15.2. The zero-order chi connectivity index (χ0) is 14.4. The van der Waals surface area contributed by atoms with Crippen LogP contribution in [0.3, 0.4) is 0 Å². The van der Waals surface area contributed by atoms with E-state index in [-0.39, 0.29) is 0 Å². The number of hydrogen-bond acceptors (Lipinski definition) is 1. The third-order valence-electron chi connectivity index (χ3n) is 3.43. The summed E-state index contributed by atoms with van der Waals surface area (Å²) >= 11 is 0. The molecule has 0 bridgehead atoms. The minimum atomic E-state index is 0.446. The van der Waals surface area contributed by atoms with E-state index in [0.29, 0.717) is 6.04 Å². The van der Waals surface area contributed by atoms with Crippen molar-refractivity contribution in [2.75, 3.05) is 6.54 Å². The Balaban J connectivity index is 2.87. The van der Waals surface area contributed by atoms with Gasteiger partial charge in [0, 0.05) is 17.3 Å². The van der Waals surface area contributed by atoms with E-state index in [0.717, 1.165) is 25.1 Å². The van der Waals surface area contributed by atoms with E-state index < -0.39 is 0 Å². The molecule has 1 aliphatic carbocycles. The van der Waals surface area contributed by atoms with Gasteiger partial charge >= 0.3 is 0 Å². The fourth-order valence-electron chi connectivity index (χ4n) is 2.17. The van der Waals surface area contributed by atoms with Gasteiger partial charge < -0.3 is 4.90 Å². The van der Waals surface area contributed by atoms with Crippen molar-refractivity contribution in [3.63, 3.8) is 0 Å². The number of allylic oxidation sites excluding steroid dienone is 3. The summed E-state index contributed by atoms with van der Waals surface area (Å²) in [6.45, 7) is 16.0. The van der Waals surface area contributed by atoms with Crippen LogP contribution in [0, 0.1) is 0 Å². The van der Waals surface area contributed by atoms with Crippen molar-refractivity contribution >= 4 is 0 Å². The summed E-state index contributed by atoms with van der Waals surface area (Å²) in [6.07, 6.45) is 8.64. The average molecular weight is 257 g/mol. The molecule has 0 N–H and O–H groups in total. The Bertz CT molecular complexity index is 454. The van der Waals surface area contributed by atoms with Gasteiger partial charge in [-0.2, -0.15) is 0 Å². The van der Waals surface area contributed by atoms with Gasteiger partial charge in [-0.15, -0.1) is 5.73 Å². The van der Waals surface area contributed by atoms with Gasteiger partial charge in [0.25, 0.3) is 0 Å². The molecule has 0 atom stereocenters. The zero-order valence-electron chi connectivity index (χ0n) is 13.1. The lowest BCUT2D eigenvalue weighted by Gasteiger charge is -2.29. The molecule has 19 heavy (non-hydrogen) atoms. The first-order chi connectivity index (χ1) is 8.99. The molecule has 0 aromatic carbocycles. The predicted octanol–water partition coefficient (Wildman–Crippen LogP) is 5.00. The molecule has 104 valence electrons. The van der Waals surface area contributed by atoms with E-state index in [1.807, 2.05) is 0 Å². The Kier molecular flexibility index (Phi) is 5.92. The molecule has 1 heteroatoms. The number of hydrogen-bond donors (Lipinski definition) is 0. The Morgan fingerprint density at radius 3 is 2.58 bits per heavy atom. The van der Waals surface area contributed by atoms with Crippen LogP contribution in [0.25, 0.3) is 0 Å². The molecule has 1 aliphatic rings. The van der Waals surface area contributed by atoms with Crippen LogP contribution in [0.2, 0.25) is 0 Å². The highest BCUT2D eigenvalue weighted by Gasteiger charge is 2.15. The molecule has 0 unspecified atom stereocenters. The van der Waals surface area contributed by atoms with E-state index in [1.165, 1.54) is 16.7 Å². The minimum absolute atomic E-state index is 0.446. The van der Waals surface area contributed by atoms with Gasteiger partial charge in [0.05, 0.1) is 6.54 Å². The summed E-state index contributed by atoms with van der Waals surface area (Å²) in [6, 6.07) is 0.446. The molecular weight excluding hydrogens is 230 g/mol. The first-order valence-electron chi connectivity index (χ1n) is 7.29. The summed E-state index contributed by atoms with van der Waals surface area (Å²) < 4.78 is 0. The predicted molar refractivity (Wildman–Crippen MR) is 85.0 cm³/mol. The van der Waals surface area contributed by atoms with Crippen LogP contribution in [0.4, 0.5) is 0 Å². The van der Waals surface area contributed by atoms with Gasteiger partial charge in [-0.3, -0.25) is 0 Å². The molecule has 0 aromatic rings.